The Morgan fingerprint density at radius 1 is 1.08 bits per heavy atom. The van der Waals surface area contributed by atoms with Crippen molar-refractivity contribution in [3.8, 4) is 28.3 Å². The first kappa shape index (κ1) is 34.3. The number of nitrogens with one attached hydrogen (secondary N) is 1. The van der Waals surface area contributed by atoms with E-state index in [1.54, 1.807) is 46.9 Å². The van der Waals surface area contributed by atoms with E-state index in [-0.39, 0.29) is 22.5 Å². The molecule has 0 spiro atoms. The number of nitrogens with zero attached hydrogens (tertiary/aromatic N) is 8. The maximum absolute atomic E-state index is 13.7. The molecule has 1 amide bonds. The van der Waals surface area contributed by atoms with Crippen LogP contribution in [-0.4, -0.2) is 62.5 Å². The minimum atomic E-state index is -5.08. The number of aromatic nitrogens is 8. The van der Waals surface area contributed by atoms with Crippen LogP contribution in [0.2, 0.25) is 10.2 Å². The maximum atomic E-state index is 13.7. The van der Waals surface area contributed by atoms with Gasteiger partial charge in [-0.2, -0.15) is 18.3 Å². The van der Waals surface area contributed by atoms with Gasteiger partial charge in [0.15, 0.2) is 5.15 Å². The number of benzene rings is 1. The minimum Gasteiger partial charge on any atom is -0.475 e. The van der Waals surface area contributed by atoms with Crippen molar-refractivity contribution in [2.75, 3.05) is 5.32 Å². The molecule has 1 aromatic carbocycles. The van der Waals surface area contributed by atoms with Crippen molar-refractivity contribution in [1.82, 2.24) is 39.3 Å². The summed E-state index contributed by atoms with van der Waals surface area (Å²) in [5.74, 6) is -3.06. The van der Waals surface area contributed by atoms with Gasteiger partial charge in [-0.3, -0.25) is 18.8 Å². The quantitative estimate of drug-likeness (QED) is 0.244. The number of aliphatic carboxylic acids is 1. The molecule has 5 heterocycles. The first-order valence-corrected chi connectivity index (χ1v) is 15.0. The Balaban J connectivity index is 0.000000582. The predicted molar refractivity (Wildman–Crippen MR) is 169 cm³/mol. The Kier molecular flexibility index (Phi) is 9.95. The molecule has 2 N–H and O–H groups in total. The second-order valence-electron chi connectivity index (χ2n) is 10.8. The smallest absolute Gasteiger partial charge is 0.475 e. The summed E-state index contributed by atoms with van der Waals surface area (Å²) in [4.78, 5) is 45.1. The molecule has 1 aliphatic heterocycles. The summed E-state index contributed by atoms with van der Waals surface area (Å²) in [5.41, 5.74) is 4.04. The molecule has 0 saturated carbocycles. The highest BCUT2D eigenvalue weighted by atomic mass is 35.5. The molecule has 5 aromatic rings. The van der Waals surface area contributed by atoms with E-state index >= 15 is 0 Å². The van der Waals surface area contributed by atoms with Crippen molar-refractivity contribution >= 4 is 40.8 Å². The molecular weight excluding hydrogens is 678 g/mol. The van der Waals surface area contributed by atoms with Gasteiger partial charge in [-0.1, -0.05) is 47.8 Å². The van der Waals surface area contributed by atoms with Crippen molar-refractivity contribution < 1.29 is 27.9 Å². The number of carbonyl (C=O) groups is 2. The summed E-state index contributed by atoms with van der Waals surface area (Å²) in [5, 5.41) is 23.1. The van der Waals surface area contributed by atoms with Crippen LogP contribution >= 0.6 is 23.2 Å². The number of aryl methyl sites for hydroxylation is 1. The molecule has 4 aromatic heterocycles. The molecule has 13 nitrogen and oxygen atoms in total. The summed E-state index contributed by atoms with van der Waals surface area (Å²) in [6.07, 6.45) is 1.57. The molecule has 0 aliphatic carbocycles. The van der Waals surface area contributed by atoms with Gasteiger partial charge in [0.1, 0.15) is 5.69 Å². The third-order valence-corrected chi connectivity index (χ3v) is 7.88. The Morgan fingerprint density at radius 3 is 2.50 bits per heavy atom. The lowest BCUT2D eigenvalue weighted by molar-refractivity contribution is -0.192. The molecule has 2 atom stereocenters. The number of anilines is 1. The Hall–Kier alpha value is -5.09. The number of rotatable bonds is 3. The monoisotopic (exact) mass is 703 g/mol. The first-order valence-electron chi connectivity index (χ1n) is 14.3. The largest absolute Gasteiger partial charge is 0.490 e. The first-order chi connectivity index (χ1) is 22.7. The van der Waals surface area contributed by atoms with Gasteiger partial charge in [-0.25, -0.2) is 19.4 Å². The third-order valence-electron chi connectivity index (χ3n) is 7.47. The number of pyridine rings is 1. The molecule has 0 saturated heterocycles. The fourth-order valence-corrected chi connectivity index (χ4v) is 5.40. The lowest BCUT2D eigenvalue weighted by Crippen LogP contribution is -2.27. The Bertz CT molecular complexity index is 2040. The predicted octanol–water partition coefficient (Wildman–Crippen LogP) is 5.57. The lowest BCUT2D eigenvalue weighted by atomic mass is 9.98. The molecule has 18 heteroatoms. The SMILES string of the molecule is C[C@@H]1CCC[C@@H](n2cnc(-c3cc(Cl)ccc3-n3cc(Cl)nn3)cc2=O)c2cccc(n2)-c2c(cnn2C)NC1=O.O=C(O)C(F)(F)F. The number of fused-ring (bicyclic) bond motifs is 4. The van der Waals surface area contributed by atoms with Crippen LogP contribution in [0.3, 0.4) is 0 Å². The minimum absolute atomic E-state index is 0.0817. The second kappa shape index (κ2) is 13.9. The number of alkyl halides is 3. The summed E-state index contributed by atoms with van der Waals surface area (Å²) in [6, 6.07) is 11.9. The normalized spacial score (nSPS) is 16.4. The van der Waals surface area contributed by atoms with E-state index in [0.29, 0.717) is 64.0 Å². The van der Waals surface area contributed by atoms with Crippen LogP contribution in [-0.2, 0) is 16.6 Å². The standard InChI is InChI=1S/C28H25Cl2N9O2.C2HF3O2/c1-16-5-3-8-24(19-6-4-7-20(33-19)27-22(34-28(16)41)13-32-37(27)2)38-15-31-21(12-26(38)40)18-11-17(29)9-10-23(18)39-14-25(30)35-36-39;3-2(4,5)1(6)7/h4,6-7,9-16,24H,3,5,8H2,1-2H3,(H,34,41);(H,6,7)/t16-,24-;/m1./s1. The molecule has 0 unspecified atom stereocenters. The summed E-state index contributed by atoms with van der Waals surface area (Å²) in [7, 11) is 1.80. The maximum Gasteiger partial charge on any atom is 0.490 e. The topological polar surface area (TPSA) is 163 Å². The van der Waals surface area contributed by atoms with Gasteiger partial charge in [0, 0.05) is 29.6 Å². The van der Waals surface area contributed by atoms with Crippen LogP contribution < -0.4 is 10.9 Å². The molecule has 1 aliphatic rings. The molecule has 6 rings (SSSR count). The van der Waals surface area contributed by atoms with Crippen LogP contribution in [0.15, 0.2) is 66.0 Å². The summed E-state index contributed by atoms with van der Waals surface area (Å²) < 4.78 is 36.5. The van der Waals surface area contributed by atoms with Gasteiger partial charge in [-0.05, 0) is 43.2 Å². The van der Waals surface area contributed by atoms with Crippen LogP contribution in [0.5, 0.6) is 0 Å². The number of amides is 1. The molecular formula is C30H26Cl2F3N9O4. The lowest BCUT2D eigenvalue weighted by Gasteiger charge is -2.22. The number of carboxylic acids is 1. The third kappa shape index (κ3) is 7.55. The van der Waals surface area contributed by atoms with E-state index in [4.69, 9.17) is 38.1 Å². The number of halogens is 5. The highest BCUT2D eigenvalue weighted by Crippen LogP contribution is 2.32. The number of hydrogen-bond donors (Lipinski definition) is 2. The highest BCUT2D eigenvalue weighted by molar-refractivity contribution is 6.31. The van der Waals surface area contributed by atoms with Crippen molar-refractivity contribution in [3.63, 3.8) is 0 Å². The van der Waals surface area contributed by atoms with Gasteiger partial charge in [-0.15, -0.1) is 5.10 Å². The summed E-state index contributed by atoms with van der Waals surface area (Å²) >= 11 is 12.3. The van der Waals surface area contributed by atoms with Crippen LogP contribution in [0.4, 0.5) is 18.9 Å². The highest BCUT2D eigenvalue weighted by Gasteiger charge is 2.38. The van der Waals surface area contributed by atoms with Crippen molar-refractivity contribution in [2.24, 2.45) is 13.0 Å². The molecule has 48 heavy (non-hydrogen) atoms. The number of hydrogen-bond acceptors (Lipinski definition) is 8. The number of carbonyl (C=O) groups excluding carboxylic acids is 1. The van der Waals surface area contributed by atoms with Gasteiger partial charge >= 0.3 is 12.1 Å². The van der Waals surface area contributed by atoms with E-state index in [1.807, 2.05) is 25.1 Å². The van der Waals surface area contributed by atoms with Crippen molar-refractivity contribution in [1.29, 1.82) is 0 Å². The zero-order valence-electron chi connectivity index (χ0n) is 25.2. The fourth-order valence-electron chi connectivity index (χ4n) is 5.10. The molecule has 0 fully saturated rings. The van der Waals surface area contributed by atoms with Crippen LogP contribution in [0, 0.1) is 5.92 Å². The average Bonchev–Trinajstić information content (AvgIpc) is 3.63. The van der Waals surface area contributed by atoms with E-state index in [2.05, 4.69) is 25.7 Å². The van der Waals surface area contributed by atoms with E-state index in [9.17, 15) is 22.8 Å². The van der Waals surface area contributed by atoms with Gasteiger partial charge in [0.25, 0.3) is 5.56 Å². The molecule has 0 radical (unpaired) electrons. The summed E-state index contributed by atoms with van der Waals surface area (Å²) in [6.45, 7) is 1.90. The van der Waals surface area contributed by atoms with Crippen molar-refractivity contribution in [3.05, 3.63) is 87.4 Å². The van der Waals surface area contributed by atoms with E-state index in [0.717, 1.165) is 0 Å². The van der Waals surface area contributed by atoms with Crippen LogP contribution in [0.1, 0.15) is 37.9 Å². The zero-order chi connectivity index (χ0) is 34.7. The van der Waals surface area contributed by atoms with E-state index < -0.39 is 18.2 Å². The van der Waals surface area contributed by atoms with E-state index in [1.165, 1.54) is 17.1 Å². The average molecular weight is 704 g/mol. The molecule has 250 valence electrons. The number of carboxylic acid groups (broad SMARTS) is 1. The van der Waals surface area contributed by atoms with Gasteiger partial charge < -0.3 is 10.4 Å². The van der Waals surface area contributed by atoms with Crippen LogP contribution in [0.25, 0.3) is 28.3 Å². The van der Waals surface area contributed by atoms with Gasteiger partial charge in [0.2, 0.25) is 5.91 Å². The molecule has 2 bridgehead atoms. The fraction of sp³-hybridized carbons (Fsp3) is 0.267. The van der Waals surface area contributed by atoms with Gasteiger partial charge in [0.05, 0.1) is 53.2 Å². The van der Waals surface area contributed by atoms with Crippen molar-refractivity contribution in [2.45, 2.75) is 38.4 Å². The zero-order valence-corrected chi connectivity index (χ0v) is 26.7. The second-order valence-corrected chi connectivity index (χ2v) is 11.6. The Labute approximate surface area is 280 Å². The Morgan fingerprint density at radius 2 is 1.83 bits per heavy atom.